The van der Waals surface area contributed by atoms with Gasteiger partial charge in [-0.1, -0.05) is 41.2 Å². The number of nitrogens with zero attached hydrogens (tertiary/aromatic N) is 2. The van der Waals surface area contributed by atoms with E-state index in [1.807, 2.05) is 30.3 Å². The van der Waals surface area contributed by atoms with Crippen molar-refractivity contribution in [2.24, 2.45) is 0 Å². The highest BCUT2D eigenvalue weighted by Gasteiger charge is 2.38. The molecule has 1 aliphatic heterocycles. The van der Waals surface area contributed by atoms with Crippen LogP contribution in [-0.4, -0.2) is 10.1 Å². The molecule has 0 radical (unpaired) electrons. The Hall–Kier alpha value is -2.48. The fraction of sp³-hybridized carbons (Fsp3) is 0.125. The molecule has 0 amide bonds. The summed E-state index contributed by atoms with van der Waals surface area (Å²) in [6.07, 6.45) is -4.64. The summed E-state index contributed by atoms with van der Waals surface area (Å²) in [5.74, 6) is -1.41. The van der Waals surface area contributed by atoms with Crippen LogP contribution in [0, 0.1) is 0 Å². The lowest BCUT2D eigenvalue weighted by Gasteiger charge is -2.06. The van der Waals surface area contributed by atoms with Gasteiger partial charge in [0.1, 0.15) is 0 Å². The van der Waals surface area contributed by atoms with Crippen LogP contribution < -0.4 is 5.32 Å². The Bertz CT molecular complexity index is 908. The molecule has 1 N–H and O–H groups in total. The van der Waals surface area contributed by atoms with Gasteiger partial charge in [-0.2, -0.15) is 18.2 Å². The number of hydrogen-bond acceptors (Lipinski definition) is 5. The Kier molecular flexibility index (Phi) is 3.49. The summed E-state index contributed by atoms with van der Waals surface area (Å²) >= 11 is 1.55. The summed E-state index contributed by atoms with van der Waals surface area (Å²) in [5.41, 5.74) is 2.57. The first-order valence-electron chi connectivity index (χ1n) is 7.06. The largest absolute Gasteiger partial charge is 0.471 e. The van der Waals surface area contributed by atoms with Crippen LogP contribution in [0.25, 0.3) is 11.4 Å². The molecular formula is C16H10F3N3OS. The van der Waals surface area contributed by atoms with Crippen molar-refractivity contribution >= 4 is 17.4 Å². The first-order chi connectivity index (χ1) is 11.5. The molecule has 0 spiro atoms. The topological polar surface area (TPSA) is 51.0 Å². The zero-order valence-electron chi connectivity index (χ0n) is 12.1. The zero-order chi connectivity index (χ0) is 16.7. The lowest BCUT2D eigenvalue weighted by atomic mass is 10.1. The molecule has 2 aromatic carbocycles. The van der Waals surface area contributed by atoms with Crippen molar-refractivity contribution < 1.29 is 17.7 Å². The van der Waals surface area contributed by atoms with Crippen LogP contribution in [0.4, 0.5) is 18.9 Å². The highest BCUT2D eigenvalue weighted by molar-refractivity contribution is 7.99. The Balaban J connectivity index is 1.72. The van der Waals surface area contributed by atoms with Crippen LogP contribution in [0.15, 0.2) is 56.8 Å². The summed E-state index contributed by atoms with van der Waals surface area (Å²) in [6, 6.07) is 13.2. The molecule has 0 aliphatic carbocycles. The van der Waals surface area contributed by atoms with Gasteiger partial charge in [0.05, 0.1) is 0 Å². The third kappa shape index (κ3) is 2.73. The molecule has 1 aliphatic rings. The first kappa shape index (κ1) is 15.1. The number of anilines is 1. The average Bonchev–Trinajstić information content (AvgIpc) is 2.98. The van der Waals surface area contributed by atoms with Gasteiger partial charge in [0, 0.05) is 27.6 Å². The molecule has 0 unspecified atom stereocenters. The van der Waals surface area contributed by atoms with Crippen LogP contribution in [0.3, 0.4) is 0 Å². The molecule has 0 atom stereocenters. The number of fused-ring (bicyclic) bond motifs is 2. The Morgan fingerprint density at radius 1 is 1.08 bits per heavy atom. The highest BCUT2D eigenvalue weighted by atomic mass is 32.2. The highest BCUT2D eigenvalue weighted by Crippen LogP contribution is 2.40. The van der Waals surface area contributed by atoms with Gasteiger partial charge in [-0.05, 0) is 23.8 Å². The van der Waals surface area contributed by atoms with Crippen molar-refractivity contribution in [1.29, 1.82) is 0 Å². The second-order valence-electron chi connectivity index (χ2n) is 5.20. The van der Waals surface area contributed by atoms with Gasteiger partial charge in [0.25, 0.3) is 0 Å². The fourth-order valence-corrected chi connectivity index (χ4v) is 3.49. The maximum Gasteiger partial charge on any atom is 0.471 e. The molecule has 0 bridgehead atoms. The molecule has 3 aromatic rings. The number of hydrogen-bond donors (Lipinski definition) is 1. The minimum atomic E-state index is -4.64. The maximum absolute atomic E-state index is 12.6. The predicted molar refractivity (Wildman–Crippen MR) is 82.6 cm³/mol. The summed E-state index contributed by atoms with van der Waals surface area (Å²) < 4.78 is 42.1. The summed E-state index contributed by atoms with van der Waals surface area (Å²) in [7, 11) is 0. The molecule has 122 valence electrons. The van der Waals surface area contributed by atoms with Crippen LogP contribution >= 0.6 is 11.8 Å². The Labute approximate surface area is 139 Å². The number of halogens is 3. The predicted octanol–water partition coefficient (Wildman–Crippen LogP) is 4.83. The van der Waals surface area contributed by atoms with Crippen LogP contribution in [-0.2, 0) is 12.7 Å². The molecular weight excluding hydrogens is 339 g/mol. The number of alkyl halides is 3. The van der Waals surface area contributed by atoms with E-state index in [1.54, 1.807) is 23.9 Å². The minimum Gasteiger partial charge on any atom is -0.380 e. The van der Waals surface area contributed by atoms with Crippen molar-refractivity contribution in [3.63, 3.8) is 0 Å². The van der Waals surface area contributed by atoms with E-state index >= 15 is 0 Å². The molecule has 2 heterocycles. The average molecular weight is 349 g/mol. The van der Waals surface area contributed by atoms with E-state index in [0.717, 1.165) is 21.0 Å². The molecule has 8 heteroatoms. The normalized spacial score (nSPS) is 13.6. The molecule has 0 fully saturated rings. The second kappa shape index (κ2) is 5.55. The SMILES string of the molecule is FC(F)(F)c1nc(-c2ccc3c(c2)Sc2ccccc2NC3)no1. The van der Waals surface area contributed by atoms with Gasteiger partial charge in [-0.3, -0.25) is 0 Å². The Morgan fingerprint density at radius 3 is 2.71 bits per heavy atom. The number of para-hydroxylation sites is 1. The lowest BCUT2D eigenvalue weighted by Crippen LogP contribution is -2.04. The van der Waals surface area contributed by atoms with E-state index in [0.29, 0.717) is 12.1 Å². The number of rotatable bonds is 1. The van der Waals surface area contributed by atoms with Gasteiger partial charge >= 0.3 is 12.1 Å². The van der Waals surface area contributed by atoms with Gasteiger partial charge in [0.15, 0.2) is 0 Å². The number of benzene rings is 2. The standard InChI is InChI=1S/C16H10F3N3OS/c17-16(18,19)15-21-14(22-23-15)9-5-6-10-8-20-11-3-1-2-4-12(11)24-13(10)7-9/h1-7,20H,8H2. The summed E-state index contributed by atoms with van der Waals surface area (Å²) in [5, 5.41) is 6.78. The third-order valence-electron chi connectivity index (χ3n) is 3.57. The quantitative estimate of drug-likeness (QED) is 0.682. The van der Waals surface area contributed by atoms with E-state index in [4.69, 9.17) is 0 Å². The van der Waals surface area contributed by atoms with Crippen molar-refractivity contribution in [1.82, 2.24) is 10.1 Å². The van der Waals surface area contributed by atoms with Crippen molar-refractivity contribution in [2.45, 2.75) is 22.5 Å². The molecule has 1 aromatic heterocycles. The van der Waals surface area contributed by atoms with Crippen molar-refractivity contribution in [2.75, 3.05) is 5.32 Å². The lowest BCUT2D eigenvalue weighted by molar-refractivity contribution is -0.159. The van der Waals surface area contributed by atoms with Gasteiger partial charge in [-0.15, -0.1) is 0 Å². The number of aromatic nitrogens is 2. The van der Waals surface area contributed by atoms with E-state index in [1.165, 1.54) is 0 Å². The molecule has 4 nitrogen and oxygen atoms in total. The van der Waals surface area contributed by atoms with Gasteiger partial charge < -0.3 is 9.84 Å². The first-order valence-corrected chi connectivity index (χ1v) is 7.87. The van der Waals surface area contributed by atoms with Gasteiger partial charge in [-0.25, -0.2) is 0 Å². The van der Waals surface area contributed by atoms with Crippen LogP contribution in [0.1, 0.15) is 11.5 Å². The van der Waals surface area contributed by atoms with Crippen molar-refractivity contribution in [3.8, 4) is 11.4 Å². The maximum atomic E-state index is 12.6. The molecule has 0 saturated heterocycles. The molecule has 24 heavy (non-hydrogen) atoms. The molecule has 0 saturated carbocycles. The molecule has 4 rings (SSSR count). The monoisotopic (exact) mass is 349 g/mol. The second-order valence-corrected chi connectivity index (χ2v) is 6.28. The van der Waals surface area contributed by atoms with Crippen LogP contribution in [0.2, 0.25) is 0 Å². The van der Waals surface area contributed by atoms with E-state index in [9.17, 15) is 13.2 Å². The fourth-order valence-electron chi connectivity index (χ4n) is 2.40. The zero-order valence-corrected chi connectivity index (χ0v) is 12.9. The summed E-state index contributed by atoms with van der Waals surface area (Å²) in [6.45, 7) is 0.639. The van der Waals surface area contributed by atoms with E-state index in [-0.39, 0.29) is 5.82 Å². The van der Waals surface area contributed by atoms with Crippen molar-refractivity contribution in [3.05, 3.63) is 53.9 Å². The third-order valence-corrected chi connectivity index (χ3v) is 4.75. The summed E-state index contributed by atoms with van der Waals surface area (Å²) in [4.78, 5) is 5.44. The van der Waals surface area contributed by atoms with E-state index < -0.39 is 12.1 Å². The van der Waals surface area contributed by atoms with Gasteiger partial charge in [0.2, 0.25) is 5.82 Å². The Morgan fingerprint density at radius 2 is 1.92 bits per heavy atom. The minimum absolute atomic E-state index is 0.0729. The smallest absolute Gasteiger partial charge is 0.380 e. The van der Waals surface area contributed by atoms with Crippen LogP contribution in [0.5, 0.6) is 0 Å². The van der Waals surface area contributed by atoms with E-state index in [2.05, 4.69) is 20.0 Å². The number of nitrogens with one attached hydrogen (secondary N) is 1.